The average molecular weight is 601 g/mol. The van der Waals surface area contributed by atoms with Crippen LogP contribution in [0.25, 0.3) is 0 Å². The molecule has 0 aliphatic rings. The third-order valence-corrected chi connectivity index (χ3v) is 8.82. The van der Waals surface area contributed by atoms with Gasteiger partial charge in [-0.1, -0.05) is 57.9 Å². The molecule has 1 unspecified atom stereocenters. The monoisotopic (exact) mass is 599 g/mol. The number of aryl methyl sites for hydroxylation is 2. The highest BCUT2D eigenvalue weighted by atomic mass is 79.9. The molecule has 0 bridgehead atoms. The van der Waals surface area contributed by atoms with Gasteiger partial charge in [0, 0.05) is 17.6 Å². The zero-order valence-corrected chi connectivity index (χ0v) is 24.8. The van der Waals surface area contributed by atoms with Gasteiger partial charge in [0.25, 0.3) is 10.0 Å². The van der Waals surface area contributed by atoms with Gasteiger partial charge in [-0.2, -0.15) is 0 Å². The number of likely N-dealkylation sites (N-methyl/N-ethyl adjacent to an activating group) is 1. The molecule has 0 aromatic heterocycles. The number of benzene rings is 3. The number of anilines is 1. The van der Waals surface area contributed by atoms with Crippen molar-refractivity contribution in [2.24, 2.45) is 0 Å². The first kappa shape index (κ1) is 29.4. The second-order valence-corrected chi connectivity index (χ2v) is 12.0. The maximum absolute atomic E-state index is 13.9. The second kappa shape index (κ2) is 12.6. The molecule has 3 aromatic carbocycles. The van der Waals surface area contributed by atoms with Crippen LogP contribution in [0.3, 0.4) is 0 Å². The van der Waals surface area contributed by atoms with Crippen LogP contribution in [-0.2, 0) is 26.2 Å². The Morgan fingerprint density at radius 3 is 2.18 bits per heavy atom. The zero-order chi connectivity index (χ0) is 28.0. The standard InChI is InChI=1S/C29H34BrN3O4S/c1-6-31-29(35)23(5)32(18-24-12-14-25(30)15-13-24)28(34)19-33(27-9-7-8-21(3)22(27)4)38(36,37)26-16-10-20(2)11-17-26/h7-17,23H,6,18-19H2,1-5H3,(H,31,35). The summed E-state index contributed by atoms with van der Waals surface area (Å²) in [6, 6.07) is 18.6. The number of nitrogens with one attached hydrogen (secondary N) is 1. The lowest BCUT2D eigenvalue weighted by molar-refractivity contribution is -0.139. The molecule has 2 amide bonds. The summed E-state index contributed by atoms with van der Waals surface area (Å²) in [7, 11) is -4.09. The van der Waals surface area contributed by atoms with Crippen LogP contribution in [0.1, 0.15) is 36.1 Å². The Balaban J connectivity index is 2.07. The lowest BCUT2D eigenvalue weighted by Crippen LogP contribution is -2.51. The largest absolute Gasteiger partial charge is 0.355 e. The van der Waals surface area contributed by atoms with Gasteiger partial charge in [0.1, 0.15) is 12.6 Å². The highest BCUT2D eigenvalue weighted by Gasteiger charge is 2.33. The van der Waals surface area contributed by atoms with Gasteiger partial charge in [-0.05, 0) is 81.6 Å². The number of carbonyl (C=O) groups is 2. The van der Waals surface area contributed by atoms with Crippen molar-refractivity contribution >= 4 is 43.5 Å². The number of hydrogen-bond acceptors (Lipinski definition) is 4. The maximum atomic E-state index is 13.9. The first-order chi connectivity index (χ1) is 17.9. The molecule has 0 radical (unpaired) electrons. The van der Waals surface area contributed by atoms with Crippen molar-refractivity contribution in [3.63, 3.8) is 0 Å². The minimum absolute atomic E-state index is 0.0908. The Kier molecular flexibility index (Phi) is 9.73. The highest BCUT2D eigenvalue weighted by Crippen LogP contribution is 2.29. The zero-order valence-electron chi connectivity index (χ0n) is 22.4. The summed E-state index contributed by atoms with van der Waals surface area (Å²) >= 11 is 3.41. The minimum Gasteiger partial charge on any atom is -0.355 e. The van der Waals surface area contributed by atoms with Crippen molar-refractivity contribution in [1.29, 1.82) is 0 Å². The van der Waals surface area contributed by atoms with Gasteiger partial charge in [-0.15, -0.1) is 0 Å². The van der Waals surface area contributed by atoms with Gasteiger partial charge < -0.3 is 10.2 Å². The molecule has 9 heteroatoms. The number of amides is 2. The van der Waals surface area contributed by atoms with E-state index in [2.05, 4.69) is 21.2 Å². The average Bonchev–Trinajstić information content (AvgIpc) is 2.88. The molecule has 0 fully saturated rings. The number of hydrogen-bond donors (Lipinski definition) is 1. The van der Waals surface area contributed by atoms with Crippen molar-refractivity contribution < 1.29 is 18.0 Å². The summed E-state index contributed by atoms with van der Waals surface area (Å²) in [5, 5.41) is 2.77. The van der Waals surface area contributed by atoms with Crippen LogP contribution < -0.4 is 9.62 Å². The van der Waals surface area contributed by atoms with Gasteiger partial charge in [0.05, 0.1) is 10.6 Å². The van der Waals surface area contributed by atoms with Crippen molar-refractivity contribution in [2.45, 2.75) is 52.1 Å². The predicted octanol–water partition coefficient (Wildman–Crippen LogP) is 5.12. The number of rotatable bonds is 10. The van der Waals surface area contributed by atoms with Crippen molar-refractivity contribution in [1.82, 2.24) is 10.2 Å². The fraction of sp³-hybridized carbons (Fsp3) is 0.310. The molecular formula is C29H34BrN3O4S. The second-order valence-electron chi connectivity index (χ2n) is 9.26. The smallest absolute Gasteiger partial charge is 0.264 e. The van der Waals surface area contributed by atoms with Gasteiger partial charge >= 0.3 is 0 Å². The molecule has 7 nitrogen and oxygen atoms in total. The molecule has 38 heavy (non-hydrogen) atoms. The molecule has 3 rings (SSSR count). The van der Waals surface area contributed by atoms with E-state index in [1.165, 1.54) is 4.90 Å². The lowest BCUT2D eigenvalue weighted by Gasteiger charge is -2.32. The third-order valence-electron chi connectivity index (χ3n) is 6.52. The van der Waals surface area contributed by atoms with E-state index in [0.29, 0.717) is 12.2 Å². The molecule has 3 aromatic rings. The van der Waals surface area contributed by atoms with Crippen LogP contribution in [0.4, 0.5) is 5.69 Å². The topological polar surface area (TPSA) is 86.8 Å². The van der Waals surface area contributed by atoms with Crippen molar-refractivity contribution in [3.8, 4) is 0 Å². The third kappa shape index (κ3) is 6.82. The van der Waals surface area contributed by atoms with Gasteiger partial charge in [-0.25, -0.2) is 8.42 Å². The number of carbonyl (C=O) groups excluding carboxylic acids is 2. The first-order valence-corrected chi connectivity index (χ1v) is 14.7. The van der Waals surface area contributed by atoms with E-state index < -0.39 is 28.5 Å². The van der Waals surface area contributed by atoms with E-state index in [1.54, 1.807) is 43.3 Å². The minimum atomic E-state index is -4.09. The Morgan fingerprint density at radius 2 is 1.58 bits per heavy atom. The molecular weight excluding hydrogens is 566 g/mol. The molecule has 0 spiro atoms. The van der Waals surface area contributed by atoms with Crippen LogP contribution >= 0.6 is 15.9 Å². The molecule has 0 heterocycles. The quantitative estimate of drug-likeness (QED) is 0.350. The fourth-order valence-electron chi connectivity index (χ4n) is 4.05. The van der Waals surface area contributed by atoms with Gasteiger partial charge in [0.2, 0.25) is 11.8 Å². The van der Waals surface area contributed by atoms with Crippen molar-refractivity contribution in [2.75, 3.05) is 17.4 Å². The van der Waals surface area contributed by atoms with Crippen LogP contribution in [0.15, 0.2) is 76.1 Å². The van der Waals surface area contributed by atoms with Crippen LogP contribution in [0.5, 0.6) is 0 Å². The fourth-order valence-corrected chi connectivity index (χ4v) is 5.78. The Morgan fingerprint density at radius 1 is 0.947 bits per heavy atom. The summed E-state index contributed by atoms with van der Waals surface area (Å²) in [5.41, 5.74) is 3.83. The summed E-state index contributed by atoms with van der Waals surface area (Å²) in [6.07, 6.45) is 0. The van der Waals surface area contributed by atoms with Crippen molar-refractivity contribution in [3.05, 3.63) is 93.5 Å². The van der Waals surface area contributed by atoms with Crippen LogP contribution in [0, 0.1) is 20.8 Å². The predicted molar refractivity (Wildman–Crippen MR) is 154 cm³/mol. The van der Waals surface area contributed by atoms with Crippen LogP contribution in [0.2, 0.25) is 0 Å². The highest BCUT2D eigenvalue weighted by molar-refractivity contribution is 9.10. The molecule has 0 aliphatic heterocycles. The van der Waals surface area contributed by atoms with Gasteiger partial charge in [0.15, 0.2) is 0 Å². The maximum Gasteiger partial charge on any atom is 0.264 e. The van der Waals surface area contributed by atoms with E-state index in [4.69, 9.17) is 0 Å². The summed E-state index contributed by atoms with van der Waals surface area (Å²) in [6.45, 7) is 9.18. The molecule has 0 saturated heterocycles. The molecule has 1 atom stereocenters. The Hall–Kier alpha value is -3.17. The van der Waals surface area contributed by atoms with Crippen LogP contribution in [-0.4, -0.2) is 44.3 Å². The molecule has 1 N–H and O–H groups in total. The molecule has 0 saturated carbocycles. The lowest BCUT2D eigenvalue weighted by atomic mass is 10.1. The number of halogens is 1. The molecule has 202 valence electrons. The molecule has 0 aliphatic carbocycles. The summed E-state index contributed by atoms with van der Waals surface area (Å²) in [4.78, 5) is 28.2. The number of nitrogens with zero attached hydrogens (tertiary/aromatic N) is 2. The SMILES string of the molecule is CCNC(=O)C(C)N(Cc1ccc(Br)cc1)C(=O)CN(c1cccc(C)c1C)S(=O)(=O)c1ccc(C)cc1. The Bertz CT molecular complexity index is 1390. The van der Waals surface area contributed by atoms with Gasteiger partial charge in [-0.3, -0.25) is 13.9 Å². The Labute approximate surface area is 234 Å². The van der Waals surface area contributed by atoms with E-state index >= 15 is 0 Å². The van der Waals surface area contributed by atoms with E-state index in [1.807, 2.05) is 58.0 Å². The van der Waals surface area contributed by atoms with E-state index in [0.717, 1.165) is 31.0 Å². The van der Waals surface area contributed by atoms with E-state index in [9.17, 15) is 18.0 Å². The summed E-state index contributed by atoms with van der Waals surface area (Å²) in [5.74, 6) is -0.791. The number of sulfonamides is 1. The first-order valence-electron chi connectivity index (χ1n) is 12.4. The van der Waals surface area contributed by atoms with E-state index in [-0.39, 0.29) is 17.3 Å². The summed E-state index contributed by atoms with van der Waals surface area (Å²) < 4.78 is 29.9. The normalized spacial score (nSPS) is 12.1.